The second-order valence-corrected chi connectivity index (χ2v) is 9.01. The molecule has 26 heavy (non-hydrogen) atoms. The number of benzene rings is 1. The van der Waals surface area contributed by atoms with Crippen LogP contribution >= 0.6 is 22.9 Å². The van der Waals surface area contributed by atoms with Gasteiger partial charge in [-0.15, -0.1) is 11.3 Å². The number of hydrogen-bond acceptors (Lipinski definition) is 3. The van der Waals surface area contributed by atoms with Crippen LogP contribution < -0.4 is 0 Å². The molecular formula is C21H25ClN2OS. The lowest BCUT2D eigenvalue weighted by molar-refractivity contribution is -0.134. The van der Waals surface area contributed by atoms with Crippen molar-refractivity contribution in [2.24, 2.45) is 5.92 Å². The van der Waals surface area contributed by atoms with E-state index in [1.165, 1.54) is 25.7 Å². The van der Waals surface area contributed by atoms with Gasteiger partial charge >= 0.3 is 0 Å². The second kappa shape index (κ2) is 7.69. The Labute approximate surface area is 164 Å². The highest BCUT2D eigenvalue weighted by Crippen LogP contribution is 2.36. The molecule has 1 aromatic heterocycles. The van der Waals surface area contributed by atoms with Gasteiger partial charge in [-0.05, 0) is 50.5 Å². The Morgan fingerprint density at radius 3 is 2.46 bits per heavy atom. The molecule has 0 saturated heterocycles. The van der Waals surface area contributed by atoms with Crippen LogP contribution in [0.3, 0.4) is 0 Å². The molecule has 0 radical (unpaired) electrons. The van der Waals surface area contributed by atoms with Crippen LogP contribution in [-0.4, -0.2) is 27.9 Å². The van der Waals surface area contributed by atoms with Gasteiger partial charge in [0.1, 0.15) is 5.01 Å². The van der Waals surface area contributed by atoms with Gasteiger partial charge < -0.3 is 4.90 Å². The van der Waals surface area contributed by atoms with Gasteiger partial charge in [-0.25, -0.2) is 4.98 Å². The Hall–Kier alpha value is -1.39. The highest BCUT2D eigenvalue weighted by molar-refractivity contribution is 7.13. The van der Waals surface area contributed by atoms with E-state index in [9.17, 15) is 4.79 Å². The molecule has 2 saturated carbocycles. The van der Waals surface area contributed by atoms with Crippen LogP contribution in [0.4, 0.5) is 0 Å². The second-order valence-electron chi connectivity index (χ2n) is 7.75. The number of aromatic nitrogens is 1. The van der Waals surface area contributed by atoms with Gasteiger partial charge in [0.15, 0.2) is 0 Å². The zero-order chi connectivity index (χ0) is 18.1. The maximum atomic E-state index is 13.1. The number of carbonyl (C=O) groups excluding carboxylic acids is 1. The fourth-order valence-electron chi connectivity index (χ4n) is 3.97. The summed E-state index contributed by atoms with van der Waals surface area (Å²) in [5, 5.41) is 3.60. The minimum atomic E-state index is 0.253. The average Bonchev–Trinajstić information content (AvgIpc) is 3.35. The Morgan fingerprint density at radius 2 is 1.81 bits per heavy atom. The van der Waals surface area contributed by atoms with E-state index in [4.69, 9.17) is 11.6 Å². The molecule has 5 heteroatoms. The third-order valence-corrected chi connectivity index (χ3v) is 6.85. The van der Waals surface area contributed by atoms with Crippen LogP contribution in [0.15, 0.2) is 29.6 Å². The number of nitrogens with zero attached hydrogens (tertiary/aromatic N) is 2. The molecule has 138 valence electrons. The molecule has 0 N–H and O–H groups in total. The number of rotatable bonds is 5. The lowest BCUT2D eigenvalue weighted by Gasteiger charge is -2.36. The highest BCUT2D eigenvalue weighted by atomic mass is 35.5. The van der Waals surface area contributed by atoms with Gasteiger partial charge in [0.25, 0.3) is 0 Å². The molecule has 0 unspecified atom stereocenters. The fraction of sp³-hybridized carbons (Fsp3) is 0.524. The lowest BCUT2D eigenvalue weighted by atomic mass is 9.86. The Bertz CT molecular complexity index is 778. The van der Waals surface area contributed by atoms with Gasteiger partial charge in [-0.2, -0.15) is 0 Å². The monoisotopic (exact) mass is 388 g/mol. The van der Waals surface area contributed by atoms with Crippen LogP contribution in [0.1, 0.15) is 51.1 Å². The van der Waals surface area contributed by atoms with Crippen molar-refractivity contribution in [3.05, 3.63) is 40.4 Å². The first-order valence-corrected chi connectivity index (χ1v) is 10.9. The smallest absolute Gasteiger partial charge is 0.229 e. The van der Waals surface area contributed by atoms with Gasteiger partial charge in [0.05, 0.1) is 17.1 Å². The summed E-state index contributed by atoms with van der Waals surface area (Å²) in [6.45, 7) is 2.32. The molecule has 2 aromatic rings. The third kappa shape index (κ3) is 3.96. The van der Waals surface area contributed by atoms with Crippen molar-refractivity contribution in [1.82, 2.24) is 9.88 Å². The summed E-state index contributed by atoms with van der Waals surface area (Å²) >= 11 is 7.84. The predicted molar refractivity (Wildman–Crippen MR) is 108 cm³/mol. The molecule has 1 heterocycles. The summed E-state index contributed by atoms with van der Waals surface area (Å²) < 4.78 is 0. The van der Waals surface area contributed by atoms with E-state index in [2.05, 4.69) is 16.8 Å². The van der Waals surface area contributed by atoms with Crippen molar-refractivity contribution in [3.63, 3.8) is 0 Å². The van der Waals surface area contributed by atoms with Gasteiger partial charge in [0.2, 0.25) is 5.91 Å². The molecule has 0 spiro atoms. The Kier molecular flexibility index (Phi) is 5.32. The summed E-state index contributed by atoms with van der Waals surface area (Å²) in [6, 6.07) is 8.65. The Balaban J connectivity index is 1.46. The highest BCUT2D eigenvalue weighted by Gasteiger charge is 2.38. The van der Waals surface area contributed by atoms with Gasteiger partial charge in [0, 0.05) is 23.0 Å². The molecule has 2 fully saturated rings. The maximum absolute atomic E-state index is 13.1. The van der Waals surface area contributed by atoms with Crippen LogP contribution in [0.5, 0.6) is 0 Å². The van der Waals surface area contributed by atoms with Crippen LogP contribution in [-0.2, 0) is 11.2 Å². The van der Waals surface area contributed by atoms with E-state index in [0.29, 0.717) is 23.5 Å². The van der Waals surface area contributed by atoms with Gasteiger partial charge in [-0.3, -0.25) is 4.79 Å². The largest absolute Gasteiger partial charge is 0.336 e. The number of halogens is 1. The molecular weight excluding hydrogens is 364 g/mol. The van der Waals surface area contributed by atoms with Crippen molar-refractivity contribution in [2.75, 3.05) is 0 Å². The van der Waals surface area contributed by atoms with Gasteiger partial charge in [-0.1, -0.05) is 36.7 Å². The zero-order valence-electron chi connectivity index (χ0n) is 15.2. The molecule has 0 atom stereocenters. The molecule has 1 aromatic carbocycles. The van der Waals surface area contributed by atoms with E-state index >= 15 is 0 Å². The topological polar surface area (TPSA) is 33.2 Å². The quantitative estimate of drug-likeness (QED) is 0.670. The van der Waals surface area contributed by atoms with E-state index in [0.717, 1.165) is 35.0 Å². The first-order valence-electron chi connectivity index (χ1n) is 9.62. The van der Waals surface area contributed by atoms with Crippen LogP contribution in [0.2, 0.25) is 5.02 Å². The summed E-state index contributed by atoms with van der Waals surface area (Å²) in [4.78, 5) is 19.9. The van der Waals surface area contributed by atoms with E-state index in [1.54, 1.807) is 11.3 Å². The average molecular weight is 389 g/mol. The van der Waals surface area contributed by atoms with Crippen molar-refractivity contribution < 1.29 is 4.79 Å². The number of hydrogen-bond donors (Lipinski definition) is 0. The van der Waals surface area contributed by atoms with Crippen LogP contribution in [0, 0.1) is 5.92 Å². The minimum absolute atomic E-state index is 0.253. The fourth-order valence-corrected chi connectivity index (χ4v) is 5.11. The van der Waals surface area contributed by atoms with E-state index < -0.39 is 0 Å². The maximum Gasteiger partial charge on any atom is 0.229 e. The first-order chi connectivity index (χ1) is 12.6. The minimum Gasteiger partial charge on any atom is -0.336 e. The lowest BCUT2D eigenvalue weighted by Crippen LogP contribution is -2.44. The third-order valence-electron chi connectivity index (χ3n) is 5.60. The number of amides is 1. The molecule has 0 aliphatic heterocycles. The molecule has 0 bridgehead atoms. The van der Waals surface area contributed by atoms with Crippen molar-refractivity contribution in [3.8, 4) is 10.6 Å². The normalized spacial score (nSPS) is 23.0. The molecule has 3 nitrogen and oxygen atoms in total. The zero-order valence-corrected chi connectivity index (χ0v) is 16.7. The van der Waals surface area contributed by atoms with Crippen molar-refractivity contribution in [2.45, 2.75) is 64.0 Å². The summed E-state index contributed by atoms with van der Waals surface area (Å²) in [7, 11) is 0. The number of carbonyl (C=O) groups is 1. The standard InChI is InChI=1S/C21H25ClN2OS/c1-14-6-8-16(9-7-14)24(17-10-11-17)20(25)12-15-13-26-21(23-15)18-4-2-3-5-19(18)22/h2-5,13-14,16-17H,6-12H2,1H3. The summed E-state index contributed by atoms with van der Waals surface area (Å²) in [5.74, 6) is 1.06. The molecule has 2 aliphatic carbocycles. The SMILES string of the molecule is CC1CCC(N(C(=O)Cc2csc(-c3ccccc3Cl)n2)C2CC2)CC1. The van der Waals surface area contributed by atoms with E-state index in [1.807, 2.05) is 29.6 Å². The first kappa shape index (κ1) is 18.0. The van der Waals surface area contributed by atoms with Crippen molar-refractivity contribution in [1.29, 1.82) is 0 Å². The molecule has 1 amide bonds. The summed E-state index contributed by atoms with van der Waals surface area (Å²) in [6.07, 6.45) is 7.54. The predicted octanol–water partition coefficient (Wildman–Crippen LogP) is 5.58. The summed E-state index contributed by atoms with van der Waals surface area (Å²) in [5.41, 5.74) is 1.81. The van der Waals surface area contributed by atoms with Crippen LogP contribution in [0.25, 0.3) is 10.6 Å². The van der Waals surface area contributed by atoms with Crippen molar-refractivity contribution >= 4 is 28.8 Å². The molecule has 2 aliphatic rings. The Morgan fingerprint density at radius 1 is 1.15 bits per heavy atom. The molecule has 4 rings (SSSR count). The van der Waals surface area contributed by atoms with E-state index in [-0.39, 0.29) is 5.91 Å². The number of thiazole rings is 1.